The molecule has 1 aliphatic rings. The fraction of sp³-hybridized carbons (Fsp3) is 0.667. The van der Waals surface area contributed by atoms with Crippen molar-refractivity contribution >= 4 is 5.91 Å². The van der Waals surface area contributed by atoms with Crippen molar-refractivity contribution in [1.29, 1.82) is 0 Å². The Bertz CT molecular complexity index is 353. The minimum absolute atomic E-state index is 0.150. The summed E-state index contributed by atoms with van der Waals surface area (Å²) in [5, 5.41) is 4.04. The van der Waals surface area contributed by atoms with Crippen molar-refractivity contribution in [2.45, 2.75) is 32.4 Å². The number of carbonyl (C=O) groups excluding carboxylic acids is 1. The topological polar surface area (TPSA) is 64.2 Å². The number of likely N-dealkylation sites (tertiary alicyclic amines) is 1. The Morgan fingerprint density at radius 1 is 1.53 bits per heavy atom. The molecule has 1 aliphatic heterocycles. The molecule has 0 spiro atoms. The second-order valence-corrected chi connectivity index (χ2v) is 4.78. The summed E-state index contributed by atoms with van der Waals surface area (Å²) in [6.07, 6.45) is 5.53. The van der Waals surface area contributed by atoms with Gasteiger partial charge < -0.3 is 10.6 Å². The van der Waals surface area contributed by atoms with Crippen LogP contribution in [0.2, 0.25) is 0 Å². The first kappa shape index (κ1) is 12.1. The summed E-state index contributed by atoms with van der Waals surface area (Å²) in [5.41, 5.74) is 5.88. The molecule has 1 saturated heterocycles. The Balaban J connectivity index is 1.82. The third-order valence-electron chi connectivity index (χ3n) is 3.49. The summed E-state index contributed by atoms with van der Waals surface area (Å²) in [5.74, 6) is 0.709. The number of hydrogen-bond acceptors (Lipinski definition) is 3. The Morgan fingerprint density at radius 3 is 2.76 bits per heavy atom. The highest BCUT2D eigenvalue weighted by Crippen LogP contribution is 2.19. The molecular formula is C12H20N4O. The molecule has 1 unspecified atom stereocenters. The van der Waals surface area contributed by atoms with Gasteiger partial charge >= 0.3 is 0 Å². The summed E-state index contributed by atoms with van der Waals surface area (Å²) < 4.78 is 1.67. The molecule has 1 amide bonds. The van der Waals surface area contributed by atoms with Gasteiger partial charge in [0.05, 0.1) is 0 Å². The van der Waals surface area contributed by atoms with Crippen LogP contribution in [-0.2, 0) is 11.3 Å². The molecule has 2 heterocycles. The Hall–Kier alpha value is -1.36. The minimum Gasteiger partial charge on any atom is -0.341 e. The van der Waals surface area contributed by atoms with E-state index in [1.165, 1.54) is 0 Å². The SMILES string of the molecule is CC(N)C1CCN(C(=O)Cn2cccn2)CC1. The second-order valence-electron chi connectivity index (χ2n) is 4.78. The van der Waals surface area contributed by atoms with Crippen LogP contribution in [0.3, 0.4) is 0 Å². The molecule has 0 aliphatic carbocycles. The van der Waals surface area contributed by atoms with Gasteiger partial charge in [0, 0.05) is 31.5 Å². The van der Waals surface area contributed by atoms with Crippen molar-refractivity contribution in [1.82, 2.24) is 14.7 Å². The Kier molecular flexibility index (Phi) is 3.78. The first-order valence-corrected chi connectivity index (χ1v) is 6.17. The van der Waals surface area contributed by atoms with E-state index in [1.54, 1.807) is 10.9 Å². The molecular weight excluding hydrogens is 216 g/mol. The standard InChI is InChI=1S/C12H20N4O/c1-10(13)11-3-7-15(8-4-11)12(17)9-16-6-2-5-14-16/h2,5-6,10-11H,3-4,7-9,13H2,1H3. The van der Waals surface area contributed by atoms with Gasteiger partial charge in [0.25, 0.3) is 0 Å². The van der Waals surface area contributed by atoms with E-state index >= 15 is 0 Å². The molecule has 2 N–H and O–H groups in total. The molecule has 2 rings (SSSR count). The molecule has 1 atom stereocenters. The van der Waals surface area contributed by atoms with E-state index in [0.29, 0.717) is 12.5 Å². The van der Waals surface area contributed by atoms with Gasteiger partial charge in [0.2, 0.25) is 5.91 Å². The van der Waals surface area contributed by atoms with Gasteiger partial charge in [-0.2, -0.15) is 5.10 Å². The van der Waals surface area contributed by atoms with E-state index < -0.39 is 0 Å². The van der Waals surface area contributed by atoms with Crippen molar-refractivity contribution in [3.05, 3.63) is 18.5 Å². The number of carbonyl (C=O) groups is 1. The highest BCUT2D eigenvalue weighted by Gasteiger charge is 2.24. The third-order valence-corrected chi connectivity index (χ3v) is 3.49. The van der Waals surface area contributed by atoms with Crippen LogP contribution in [0.15, 0.2) is 18.5 Å². The predicted molar refractivity (Wildman–Crippen MR) is 65.2 cm³/mol. The zero-order valence-corrected chi connectivity index (χ0v) is 10.2. The van der Waals surface area contributed by atoms with Gasteiger partial charge in [0.1, 0.15) is 6.54 Å². The highest BCUT2D eigenvalue weighted by atomic mass is 16.2. The highest BCUT2D eigenvalue weighted by molar-refractivity contribution is 5.75. The second kappa shape index (κ2) is 5.31. The van der Waals surface area contributed by atoms with Crippen molar-refractivity contribution in [3.8, 4) is 0 Å². The number of hydrogen-bond donors (Lipinski definition) is 1. The summed E-state index contributed by atoms with van der Waals surface area (Å²) in [7, 11) is 0. The van der Waals surface area contributed by atoms with Crippen LogP contribution in [-0.4, -0.2) is 39.7 Å². The van der Waals surface area contributed by atoms with Gasteiger partial charge in [-0.1, -0.05) is 0 Å². The number of aromatic nitrogens is 2. The van der Waals surface area contributed by atoms with Crippen molar-refractivity contribution < 1.29 is 4.79 Å². The number of rotatable bonds is 3. The molecule has 17 heavy (non-hydrogen) atoms. The number of nitrogens with two attached hydrogens (primary N) is 1. The summed E-state index contributed by atoms with van der Waals surface area (Å²) in [6.45, 7) is 4.04. The van der Waals surface area contributed by atoms with Crippen LogP contribution in [0.4, 0.5) is 0 Å². The third kappa shape index (κ3) is 3.06. The zero-order valence-electron chi connectivity index (χ0n) is 10.2. The van der Waals surface area contributed by atoms with Gasteiger partial charge in [-0.05, 0) is 31.7 Å². The minimum atomic E-state index is 0.150. The maximum Gasteiger partial charge on any atom is 0.244 e. The van der Waals surface area contributed by atoms with E-state index in [-0.39, 0.29) is 11.9 Å². The lowest BCUT2D eigenvalue weighted by atomic mass is 9.91. The maximum atomic E-state index is 12.0. The first-order chi connectivity index (χ1) is 8.16. The van der Waals surface area contributed by atoms with Gasteiger partial charge in [-0.25, -0.2) is 0 Å². The van der Waals surface area contributed by atoms with Crippen molar-refractivity contribution in [2.75, 3.05) is 13.1 Å². The molecule has 0 saturated carbocycles. The fourth-order valence-corrected chi connectivity index (χ4v) is 2.31. The lowest BCUT2D eigenvalue weighted by molar-refractivity contribution is -0.133. The average Bonchev–Trinajstić information content (AvgIpc) is 2.82. The quantitative estimate of drug-likeness (QED) is 0.829. The molecule has 0 aromatic carbocycles. The van der Waals surface area contributed by atoms with Gasteiger partial charge in [-0.3, -0.25) is 9.48 Å². The molecule has 0 bridgehead atoms. The van der Waals surface area contributed by atoms with E-state index in [9.17, 15) is 4.79 Å². The van der Waals surface area contributed by atoms with Crippen LogP contribution in [0.5, 0.6) is 0 Å². The largest absolute Gasteiger partial charge is 0.341 e. The van der Waals surface area contributed by atoms with E-state index in [1.807, 2.05) is 24.1 Å². The number of nitrogens with zero attached hydrogens (tertiary/aromatic N) is 3. The Morgan fingerprint density at radius 2 is 2.24 bits per heavy atom. The predicted octanol–water partition coefficient (Wildman–Crippen LogP) is 0.469. The first-order valence-electron chi connectivity index (χ1n) is 6.17. The van der Waals surface area contributed by atoms with Crippen molar-refractivity contribution in [2.24, 2.45) is 11.7 Å². The normalized spacial score (nSPS) is 19.3. The smallest absolute Gasteiger partial charge is 0.244 e. The molecule has 1 aromatic rings. The lowest BCUT2D eigenvalue weighted by Gasteiger charge is -2.33. The van der Waals surface area contributed by atoms with Crippen LogP contribution in [0.1, 0.15) is 19.8 Å². The number of piperidine rings is 1. The zero-order chi connectivity index (χ0) is 12.3. The van der Waals surface area contributed by atoms with Crippen LogP contribution >= 0.6 is 0 Å². The van der Waals surface area contributed by atoms with E-state index in [2.05, 4.69) is 5.10 Å². The fourth-order valence-electron chi connectivity index (χ4n) is 2.31. The van der Waals surface area contributed by atoms with Gasteiger partial charge in [0.15, 0.2) is 0 Å². The summed E-state index contributed by atoms with van der Waals surface area (Å²) in [4.78, 5) is 13.9. The molecule has 1 aromatic heterocycles. The van der Waals surface area contributed by atoms with E-state index in [4.69, 9.17) is 5.73 Å². The Labute approximate surface area is 102 Å². The molecule has 0 radical (unpaired) electrons. The van der Waals surface area contributed by atoms with Crippen molar-refractivity contribution in [3.63, 3.8) is 0 Å². The lowest BCUT2D eigenvalue weighted by Crippen LogP contribution is -2.43. The summed E-state index contributed by atoms with van der Waals surface area (Å²) in [6, 6.07) is 2.06. The molecule has 94 valence electrons. The summed E-state index contributed by atoms with van der Waals surface area (Å²) >= 11 is 0. The number of amides is 1. The molecule has 5 nitrogen and oxygen atoms in total. The monoisotopic (exact) mass is 236 g/mol. The maximum absolute atomic E-state index is 12.0. The van der Waals surface area contributed by atoms with E-state index in [0.717, 1.165) is 25.9 Å². The molecule has 1 fully saturated rings. The molecule has 5 heteroatoms. The van der Waals surface area contributed by atoms with Gasteiger partial charge in [-0.15, -0.1) is 0 Å². The van der Waals surface area contributed by atoms with Crippen LogP contribution in [0.25, 0.3) is 0 Å². The average molecular weight is 236 g/mol. The van der Waals surface area contributed by atoms with Crippen LogP contribution < -0.4 is 5.73 Å². The van der Waals surface area contributed by atoms with Crippen LogP contribution in [0, 0.1) is 5.92 Å².